The van der Waals surface area contributed by atoms with E-state index in [0.717, 1.165) is 23.1 Å². The van der Waals surface area contributed by atoms with Crippen LogP contribution >= 0.6 is 23.7 Å². The van der Waals surface area contributed by atoms with Crippen molar-refractivity contribution in [2.75, 3.05) is 45.2 Å². The molecule has 1 aromatic heterocycles. The Balaban J connectivity index is 0.00000361. The van der Waals surface area contributed by atoms with E-state index < -0.39 is 10.0 Å². The molecule has 0 spiro atoms. The van der Waals surface area contributed by atoms with Crippen molar-refractivity contribution in [2.24, 2.45) is 5.92 Å². The zero-order valence-electron chi connectivity index (χ0n) is 21.5. The number of hydrogen-bond donors (Lipinski definition) is 0. The third kappa shape index (κ3) is 6.08. The molecule has 3 aromatic rings. The van der Waals surface area contributed by atoms with Crippen molar-refractivity contribution in [1.29, 1.82) is 0 Å². The van der Waals surface area contributed by atoms with Crippen LogP contribution in [0.15, 0.2) is 41.3 Å². The van der Waals surface area contributed by atoms with Crippen LogP contribution in [0.25, 0.3) is 10.2 Å². The lowest BCUT2D eigenvalue weighted by Gasteiger charge is -2.29. The summed E-state index contributed by atoms with van der Waals surface area (Å²) in [6.07, 6.45) is 1.75. The van der Waals surface area contributed by atoms with E-state index in [0.29, 0.717) is 42.8 Å². The van der Waals surface area contributed by atoms with Crippen LogP contribution in [0.2, 0.25) is 0 Å². The lowest BCUT2D eigenvalue weighted by atomic mass is 10.0. The van der Waals surface area contributed by atoms with Crippen LogP contribution in [-0.2, 0) is 10.0 Å². The highest BCUT2D eigenvalue weighted by atomic mass is 35.5. The Morgan fingerprint density at radius 2 is 1.67 bits per heavy atom. The Labute approximate surface area is 224 Å². The molecular weight excluding hydrogens is 516 g/mol. The summed E-state index contributed by atoms with van der Waals surface area (Å²) < 4.78 is 28.8. The summed E-state index contributed by atoms with van der Waals surface area (Å²) in [7, 11) is 0.378. The maximum Gasteiger partial charge on any atom is 0.260 e. The van der Waals surface area contributed by atoms with Gasteiger partial charge in [-0.1, -0.05) is 18.3 Å². The Bertz CT molecular complexity index is 1280. The molecule has 1 aliphatic rings. The molecule has 2 heterocycles. The van der Waals surface area contributed by atoms with Gasteiger partial charge >= 0.3 is 0 Å². The van der Waals surface area contributed by atoms with Crippen molar-refractivity contribution >= 4 is 55.0 Å². The molecule has 196 valence electrons. The molecule has 7 nitrogen and oxygen atoms in total. The molecule has 1 saturated heterocycles. The first-order valence-corrected chi connectivity index (χ1v) is 14.3. The van der Waals surface area contributed by atoms with Crippen molar-refractivity contribution in [2.45, 2.75) is 38.5 Å². The van der Waals surface area contributed by atoms with Crippen molar-refractivity contribution in [3.05, 3.63) is 53.1 Å². The predicted octanol–water partition coefficient (Wildman–Crippen LogP) is 4.96. The topological polar surface area (TPSA) is 73.8 Å². The zero-order valence-corrected chi connectivity index (χ0v) is 24.0. The molecule has 1 fully saturated rings. The molecule has 36 heavy (non-hydrogen) atoms. The number of anilines is 1. The predicted molar refractivity (Wildman–Crippen MR) is 150 cm³/mol. The van der Waals surface area contributed by atoms with E-state index in [1.54, 1.807) is 33.5 Å². The van der Waals surface area contributed by atoms with Crippen LogP contribution in [0, 0.1) is 19.8 Å². The average Bonchev–Trinajstić information content (AvgIpc) is 3.21. The number of aryl methyl sites for hydroxylation is 2. The van der Waals surface area contributed by atoms with E-state index in [1.807, 2.05) is 19.0 Å². The number of fused-ring (bicyclic) bond motifs is 1. The standard InChI is InChI=1S/C26H34N4O3S2.ClH/c1-18-10-12-29(13-11-18)35(32,33)22-8-6-21(7-9-22)25(31)30(15-14-28(4)5)26-27-23-16-19(2)20(3)17-24(23)34-26;/h6-9,16-18H,10-15H2,1-5H3;1H. The molecule has 0 atom stereocenters. The highest BCUT2D eigenvalue weighted by Crippen LogP contribution is 2.32. The van der Waals surface area contributed by atoms with Gasteiger partial charge in [-0.3, -0.25) is 9.69 Å². The largest absolute Gasteiger partial charge is 0.308 e. The number of carbonyl (C=O) groups excluding carboxylic acids is 1. The van der Waals surface area contributed by atoms with Gasteiger partial charge in [-0.15, -0.1) is 12.4 Å². The van der Waals surface area contributed by atoms with Crippen LogP contribution in [-0.4, -0.2) is 68.8 Å². The lowest BCUT2D eigenvalue weighted by molar-refractivity contribution is 0.0985. The molecule has 0 aliphatic carbocycles. The van der Waals surface area contributed by atoms with Crippen LogP contribution < -0.4 is 4.90 Å². The summed E-state index contributed by atoms with van der Waals surface area (Å²) in [6.45, 7) is 8.53. The highest BCUT2D eigenvalue weighted by molar-refractivity contribution is 7.89. The van der Waals surface area contributed by atoms with Gasteiger partial charge in [-0.25, -0.2) is 13.4 Å². The fraction of sp³-hybridized carbons (Fsp3) is 0.462. The lowest BCUT2D eigenvalue weighted by Crippen LogP contribution is -2.38. The Morgan fingerprint density at radius 1 is 1.06 bits per heavy atom. The van der Waals surface area contributed by atoms with Crippen molar-refractivity contribution in [3.8, 4) is 0 Å². The molecule has 0 saturated carbocycles. The van der Waals surface area contributed by atoms with Crippen LogP contribution in [0.1, 0.15) is 41.3 Å². The maximum absolute atomic E-state index is 13.6. The number of thiazole rings is 1. The maximum atomic E-state index is 13.6. The van der Waals surface area contributed by atoms with Gasteiger partial charge in [-0.05, 0) is 94.2 Å². The molecule has 10 heteroatoms. The number of amides is 1. The Morgan fingerprint density at radius 3 is 2.28 bits per heavy atom. The minimum atomic E-state index is -3.56. The third-order valence-electron chi connectivity index (χ3n) is 6.72. The van der Waals surface area contributed by atoms with E-state index in [4.69, 9.17) is 4.98 Å². The number of hydrogen-bond acceptors (Lipinski definition) is 6. The summed E-state index contributed by atoms with van der Waals surface area (Å²) >= 11 is 1.50. The molecule has 0 radical (unpaired) electrons. The Kier molecular flexibility index (Phi) is 9.16. The minimum Gasteiger partial charge on any atom is -0.308 e. The van der Waals surface area contributed by atoms with Gasteiger partial charge in [0.15, 0.2) is 5.13 Å². The van der Waals surface area contributed by atoms with Gasteiger partial charge in [0.2, 0.25) is 10.0 Å². The summed E-state index contributed by atoms with van der Waals surface area (Å²) in [5.41, 5.74) is 3.69. The van der Waals surface area contributed by atoms with Crippen molar-refractivity contribution in [3.63, 3.8) is 0 Å². The van der Waals surface area contributed by atoms with Gasteiger partial charge in [0, 0.05) is 31.7 Å². The highest BCUT2D eigenvalue weighted by Gasteiger charge is 2.29. The first kappa shape index (κ1) is 28.5. The first-order chi connectivity index (χ1) is 16.6. The number of benzene rings is 2. The molecule has 0 N–H and O–H groups in total. The average molecular weight is 551 g/mol. The summed E-state index contributed by atoms with van der Waals surface area (Å²) in [6, 6.07) is 10.5. The van der Waals surface area contributed by atoms with E-state index in [-0.39, 0.29) is 23.2 Å². The van der Waals surface area contributed by atoms with E-state index in [2.05, 4.69) is 32.9 Å². The van der Waals surface area contributed by atoms with Crippen molar-refractivity contribution in [1.82, 2.24) is 14.2 Å². The second kappa shape index (κ2) is 11.6. The third-order valence-corrected chi connectivity index (χ3v) is 9.68. The smallest absolute Gasteiger partial charge is 0.260 e. The molecular formula is C26H35ClN4O3S2. The number of carbonyl (C=O) groups is 1. The summed E-state index contributed by atoms with van der Waals surface area (Å²) in [4.78, 5) is 22.3. The summed E-state index contributed by atoms with van der Waals surface area (Å²) in [5, 5.41) is 0.649. The molecule has 0 bridgehead atoms. The Hall–Kier alpha value is -2.04. The normalized spacial score (nSPS) is 15.3. The number of nitrogens with zero attached hydrogens (tertiary/aromatic N) is 4. The second-order valence-electron chi connectivity index (χ2n) is 9.77. The molecule has 0 unspecified atom stereocenters. The second-order valence-corrected chi connectivity index (χ2v) is 12.7. The summed E-state index contributed by atoms with van der Waals surface area (Å²) in [5.74, 6) is 0.361. The monoisotopic (exact) mass is 550 g/mol. The number of halogens is 1. The minimum absolute atomic E-state index is 0. The van der Waals surface area contributed by atoms with Crippen LogP contribution in [0.3, 0.4) is 0 Å². The van der Waals surface area contributed by atoms with Gasteiger partial charge in [0.25, 0.3) is 5.91 Å². The zero-order chi connectivity index (χ0) is 25.3. The van der Waals surface area contributed by atoms with E-state index >= 15 is 0 Å². The van der Waals surface area contributed by atoms with E-state index in [9.17, 15) is 13.2 Å². The SMILES string of the molecule is Cc1cc2nc(N(CCN(C)C)C(=O)c3ccc(S(=O)(=O)N4CCC(C)CC4)cc3)sc2cc1C.Cl. The van der Waals surface area contributed by atoms with Gasteiger partial charge in [0.1, 0.15) is 0 Å². The van der Waals surface area contributed by atoms with Crippen molar-refractivity contribution < 1.29 is 13.2 Å². The molecule has 2 aromatic carbocycles. The molecule has 1 amide bonds. The number of likely N-dealkylation sites (N-methyl/N-ethyl adjacent to an activating group) is 1. The van der Waals surface area contributed by atoms with Crippen LogP contribution in [0.5, 0.6) is 0 Å². The first-order valence-electron chi connectivity index (χ1n) is 12.0. The molecule has 1 aliphatic heterocycles. The fourth-order valence-electron chi connectivity index (χ4n) is 4.17. The van der Waals surface area contributed by atoms with Gasteiger partial charge < -0.3 is 4.90 Å². The van der Waals surface area contributed by atoms with E-state index in [1.165, 1.54) is 22.5 Å². The van der Waals surface area contributed by atoms with Crippen LogP contribution in [0.4, 0.5) is 5.13 Å². The number of aromatic nitrogens is 1. The number of rotatable bonds is 7. The van der Waals surface area contributed by atoms with Gasteiger partial charge in [-0.2, -0.15) is 4.31 Å². The number of piperidine rings is 1. The fourth-order valence-corrected chi connectivity index (χ4v) is 6.71. The molecule has 4 rings (SSSR count). The number of sulfonamides is 1. The quantitative estimate of drug-likeness (QED) is 0.415. The van der Waals surface area contributed by atoms with Gasteiger partial charge in [0.05, 0.1) is 15.1 Å².